The number of carbonyl (C=O) groups excluding carboxylic acids is 1. The molecule has 0 atom stereocenters. The normalized spacial score (nSPS) is 9.59. The van der Waals surface area contributed by atoms with E-state index in [1.807, 2.05) is 6.07 Å². The molecule has 0 spiro atoms. The number of nitriles is 1. The first-order valence-corrected chi connectivity index (χ1v) is 4.94. The molecule has 1 aromatic heterocycles. The minimum atomic E-state index is -0.443. The smallest absolute Gasteiger partial charge is 0.341 e. The van der Waals surface area contributed by atoms with E-state index in [1.54, 1.807) is 24.3 Å². The van der Waals surface area contributed by atoms with Gasteiger partial charge in [0.2, 0.25) is 0 Å². The van der Waals surface area contributed by atoms with Crippen molar-refractivity contribution in [3.05, 3.63) is 53.3 Å². The van der Waals surface area contributed by atoms with Gasteiger partial charge in [-0.3, -0.25) is 5.10 Å². The predicted molar refractivity (Wildman–Crippen MR) is 58.9 cm³/mol. The molecule has 1 aromatic carbocycles. The van der Waals surface area contributed by atoms with E-state index < -0.39 is 5.97 Å². The number of hydrogen-bond donors (Lipinski definition) is 1. The van der Waals surface area contributed by atoms with Crippen LogP contribution in [0, 0.1) is 11.3 Å². The van der Waals surface area contributed by atoms with Gasteiger partial charge in [-0.15, -0.1) is 0 Å². The third-order valence-electron chi connectivity index (χ3n) is 2.16. The molecule has 0 saturated carbocycles. The van der Waals surface area contributed by atoms with Crippen LogP contribution < -0.4 is 0 Å². The maximum atomic E-state index is 11.5. The lowest BCUT2D eigenvalue weighted by molar-refractivity contribution is 0.0473. The average molecular weight is 227 g/mol. The van der Waals surface area contributed by atoms with E-state index in [0.29, 0.717) is 11.1 Å². The zero-order chi connectivity index (χ0) is 12.1. The first kappa shape index (κ1) is 10.9. The molecule has 0 aliphatic heterocycles. The van der Waals surface area contributed by atoms with Crippen LogP contribution in [0.25, 0.3) is 0 Å². The lowest BCUT2D eigenvalue weighted by Crippen LogP contribution is -2.04. The van der Waals surface area contributed by atoms with E-state index >= 15 is 0 Å². The summed E-state index contributed by atoms with van der Waals surface area (Å²) in [6.07, 6.45) is 2.86. The zero-order valence-electron chi connectivity index (χ0n) is 8.88. The number of hydrogen-bond acceptors (Lipinski definition) is 4. The van der Waals surface area contributed by atoms with Crippen molar-refractivity contribution in [2.75, 3.05) is 0 Å². The number of aromatic amines is 1. The highest BCUT2D eigenvalue weighted by Crippen LogP contribution is 2.07. The fourth-order valence-corrected chi connectivity index (χ4v) is 1.33. The number of nitrogens with zero attached hydrogens (tertiary/aromatic N) is 2. The maximum Gasteiger partial charge on any atom is 0.341 e. The van der Waals surface area contributed by atoms with E-state index in [9.17, 15) is 4.79 Å². The lowest BCUT2D eigenvalue weighted by atomic mass is 10.1. The van der Waals surface area contributed by atoms with Crippen LogP contribution in [-0.4, -0.2) is 16.2 Å². The van der Waals surface area contributed by atoms with Crippen molar-refractivity contribution in [2.45, 2.75) is 6.61 Å². The molecule has 0 unspecified atom stereocenters. The van der Waals surface area contributed by atoms with Crippen LogP contribution in [0.15, 0.2) is 36.7 Å². The van der Waals surface area contributed by atoms with Gasteiger partial charge in [-0.05, 0) is 17.7 Å². The van der Waals surface area contributed by atoms with Gasteiger partial charge < -0.3 is 4.74 Å². The van der Waals surface area contributed by atoms with Crippen LogP contribution >= 0.6 is 0 Å². The van der Waals surface area contributed by atoms with E-state index in [2.05, 4.69) is 10.2 Å². The molecule has 5 heteroatoms. The Morgan fingerprint density at radius 1 is 1.53 bits per heavy atom. The Labute approximate surface area is 97.6 Å². The second-order valence-corrected chi connectivity index (χ2v) is 3.38. The minimum Gasteiger partial charge on any atom is -0.457 e. The highest BCUT2D eigenvalue weighted by molar-refractivity contribution is 5.88. The van der Waals surface area contributed by atoms with Crippen LogP contribution in [0.2, 0.25) is 0 Å². The quantitative estimate of drug-likeness (QED) is 0.808. The van der Waals surface area contributed by atoms with Gasteiger partial charge in [-0.25, -0.2) is 4.79 Å². The Morgan fingerprint density at radius 3 is 3.12 bits per heavy atom. The Balaban J connectivity index is 1.98. The zero-order valence-corrected chi connectivity index (χ0v) is 8.88. The van der Waals surface area contributed by atoms with Gasteiger partial charge in [0.05, 0.1) is 23.4 Å². The molecule has 1 N–H and O–H groups in total. The van der Waals surface area contributed by atoms with Gasteiger partial charge in [-0.1, -0.05) is 12.1 Å². The Hall–Kier alpha value is -2.61. The molecular weight excluding hydrogens is 218 g/mol. The van der Waals surface area contributed by atoms with Gasteiger partial charge in [0.25, 0.3) is 0 Å². The largest absolute Gasteiger partial charge is 0.457 e. The Bertz CT molecular complexity index is 555. The molecule has 0 radical (unpaired) electrons. The summed E-state index contributed by atoms with van der Waals surface area (Å²) in [6.45, 7) is 0.138. The number of esters is 1. The third-order valence-corrected chi connectivity index (χ3v) is 2.16. The molecular formula is C12H9N3O2. The number of H-pyrrole nitrogens is 1. The fourth-order valence-electron chi connectivity index (χ4n) is 1.33. The first-order valence-electron chi connectivity index (χ1n) is 4.94. The van der Waals surface area contributed by atoms with E-state index in [0.717, 1.165) is 5.56 Å². The molecule has 2 aromatic rings. The summed E-state index contributed by atoms with van der Waals surface area (Å²) in [6, 6.07) is 8.95. The number of aromatic nitrogens is 2. The summed E-state index contributed by atoms with van der Waals surface area (Å²) >= 11 is 0. The van der Waals surface area contributed by atoms with Crippen molar-refractivity contribution in [2.24, 2.45) is 0 Å². The SMILES string of the molecule is N#Cc1cccc(COC(=O)c2cn[nH]c2)c1. The molecule has 17 heavy (non-hydrogen) atoms. The fraction of sp³-hybridized carbons (Fsp3) is 0.0833. The molecule has 1 heterocycles. The summed E-state index contributed by atoms with van der Waals surface area (Å²) in [5.41, 5.74) is 1.70. The third kappa shape index (κ3) is 2.69. The summed E-state index contributed by atoms with van der Waals surface area (Å²) < 4.78 is 5.06. The highest BCUT2D eigenvalue weighted by Gasteiger charge is 2.08. The molecule has 0 saturated heterocycles. The standard InChI is InChI=1S/C12H9N3O2/c13-5-9-2-1-3-10(4-9)8-17-12(16)11-6-14-15-7-11/h1-4,6-7H,8H2,(H,14,15). The van der Waals surface area contributed by atoms with Gasteiger partial charge in [-0.2, -0.15) is 10.4 Å². The van der Waals surface area contributed by atoms with Crippen molar-refractivity contribution in [3.8, 4) is 6.07 Å². The van der Waals surface area contributed by atoms with Crippen molar-refractivity contribution in [1.82, 2.24) is 10.2 Å². The van der Waals surface area contributed by atoms with Gasteiger partial charge in [0, 0.05) is 6.20 Å². The van der Waals surface area contributed by atoms with Gasteiger partial charge >= 0.3 is 5.97 Å². The van der Waals surface area contributed by atoms with Crippen molar-refractivity contribution < 1.29 is 9.53 Å². The van der Waals surface area contributed by atoms with Crippen LogP contribution in [0.3, 0.4) is 0 Å². The van der Waals surface area contributed by atoms with Crippen molar-refractivity contribution in [1.29, 1.82) is 5.26 Å². The van der Waals surface area contributed by atoms with Crippen molar-refractivity contribution >= 4 is 5.97 Å². The molecule has 0 aliphatic carbocycles. The molecule has 84 valence electrons. The molecule has 0 amide bonds. The molecule has 0 fully saturated rings. The summed E-state index contributed by atoms with van der Waals surface area (Å²) in [4.78, 5) is 11.5. The predicted octanol–water partition coefficient (Wildman–Crippen LogP) is 1.64. The number of nitrogens with one attached hydrogen (secondary N) is 1. The van der Waals surface area contributed by atoms with E-state index in [4.69, 9.17) is 10.00 Å². The minimum absolute atomic E-state index is 0.138. The van der Waals surface area contributed by atoms with E-state index in [1.165, 1.54) is 12.4 Å². The van der Waals surface area contributed by atoms with Crippen molar-refractivity contribution in [3.63, 3.8) is 0 Å². The number of rotatable bonds is 3. The van der Waals surface area contributed by atoms with Crippen LogP contribution in [0.1, 0.15) is 21.5 Å². The molecule has 0 aliphatic rings. The summed E-state index contributed by atoms with van der Waals surface area (Å²) in [7, 11) is 0. The Morgan fingerprint density at radius 2 is 2.41 bits per heavy atom. The molecule has 2 rings (SSSR count). The summed E-state index contributed by atoms with van der Waals surface area (Å²) in [5.74, 6) is -0.443. The molecule has 5 nitrogen and oxygen atoms in total. The number of benzene rings is 1. The monoisotopic (exact) mass is 227 g/mol. The Kier molecular flexibility index (Phi) is 3.17. The van der Waals surface area contributed by atoms with E-state index in [-0.39, 0.29) is 6.61 Å². The van der Waals surface area contributed by atoms with Gasteiger partial charge in [0.15, 0.2) is 0 Å². The second kappa shape index (κ2) is 4.94. The number of carbonyl (C=O) groups is 1. The highest BCUT2D eigenvalue weighted by atomic mass is 16.5. The number of ether oxygens (including phenoxy) is 1. The van der Waals surface area contributed by atoms with Gasteiger partial charge in [0.1, 0.15) is 6.61 Å². The topological polar surface area (TPSA) is 78.8 Å². The maximum absolute atomic E-state index is 11.5. The molecule has 0 bridgehead atoms. The van der Waals surface area contributed by atoms with Crippen LogP contribution in [0.5, 0.6) is 0 Å². The second-order valence-electron chi connectivity index (χ2n) is 3.38. The first-order chi connectivity index (χ1) is 8.29. The summed E-state index contributed by atoms with van der Waals surface area (Å²) in [5, 5.41) is 14.9. The lowest BCUT2D eigenvalue weighted by Gasteiger charge is -2.03. The van der Waals surface area contributed by atoms with Crippen LogP contribution in [0.4, 0.5) is 0 Å². The average Bonchev–Trinajstić information content (AvgIpc) is 2.90. The van der Waals surface area contributed by atoms with Crippen LogP contribution in [-0.2, 0) is 11.3 Å².